The molecule has 0 bridgehead atoms. The molecule has 0 aliphatic rings. The van der Waals surface area contributed by atoms with Gasteiger partial charge in [-0.2, -0.15) is 0 Å². The van der Waals surface area contributed by atoms with Crippen molar-refractivity contribution < 1.29 is 18.7 Å². The number of halogens is 2. The molecule has 0 radical (unpaired) electrons. The third-order valence-electron chi connectivity index (χ3n) is 2.20. The number of thiophene rings is 1. The molecule has 1 aromatic heterocycles. The Balaban J connectivity index is 2.93. The highest BCUT2D eigenvalue weighted by atomic mass is 32.1. The molecule has 19 heavy (non-hydrogen) atoms. The zero-order chi connectivity index (χ0) is 14.3. The van der Waals surface area contributed by atoms with Gasteiger partial charge in [0.25, 0.3) is 12.3 Å². The lowest BCUT2D eigenvalue weighted by Crippen LogP contribution is -2.37. The summed E-state index contributed by atoms with van der Waals surface area (Å²) in [5.41, 5.74) is 5.72. The molecule has 0 saturated carbocycles. The molecule has 1 rings (SSSR count). The highest BCUT2D eigenvalue weighted by Gasteiger charge is 2.22. The fourth-order valence-electron chi connectivity index (χ4n) is 1.43. The number of carbonyl (C=O) groups is 1. The van der Waals surface area contributed by atoms with Crippen molar-refractivity contribution in [2.75, 3.05) is 26.2 Å². The fourth-order valence-corrected chi connectivity index (χ4v) is 2.24. The number of hydrogen-bond acceptors (Lipinski definition) is 4. The van der Waals surface area contributed by atoms with Gasteiger partial charge in [0.05, 0.1) is 19.7 Å². The average Bonchev–Trinajstić information content (AvgIpc) is 2.82. The van der Waals surface area contributed by atoms with Gasteiger partial charge in [-0.3, -0.25) is 4.79 Å². The molecule has 4 nitrogen and oxygen atoms in total. The van der Waals surface area contributed by atoms with Gasteiger partial charge in [-0.25, -0.2) is 8.78 Å². The van der Waals surface area contributed by atoms with Crippen LogP contribution in [0.4, 0.5) is 8.78 Å². The van der Waals surface area contributed by atoms with Crippen LogP contribution in [-0.4, -0.2) is 48.6 Å². The average molecular weight is 288 g/mol. The summed E-state index contributed by atoms with van der Waals surface area (Å²) < 4.78 is 24.8. The van der Waals surface area contributed by atoms with Crippen LogP contribution in [0.5, 0.6) is 0 Å². The molecule has 1 aromatic rings. The van der Waals surface area contributed by atoms with Crippen LogP contribution >= 0.6 is 11.3 Å². The van der Waals surface area contributed by atoms with Gasteiger partial charge in [0.15, 0.2) is 0 Å². The minimum absolute atomic E-state index is 0.134. The van der Waals surface area contributed by atoms with E-state index in [2.05, 4.69) is 11.8 Å². The number of hydrogen-bond donors (Lipinski definition) is 2. The van der Waals surface area contributed by atoms with E-state index in [1.54, 1.807) is 11.4 Å². The quantitative estimate of drug-likeness (QED) is 0.786. The Kier molecular flexibility index (Phi) is 6.42. The number of alkyl halides is 2. The van der Waals surface area contributed by atoms with Crippen LogP contribution in [0.3, 0.4) is 0 Å². The van der Waals surface area contributed by atoms with Crippen LogP contribution in [-0.2, 0) is 0 Å². The normalized spacial score (nSPS) is 10.2. The van der Waals surface area contributed by atoms with Crippen molar-refractivity contribution in [2.45, 2.75) is 6.43 Å². The first-order valence-corrected chi connectivity index (χ1v) is 6.42. The number of aliphatic hydroxyl groups is 1. The zero-order valence-electron chi connectivity index (χ0n) is 10.1. The third-order valence-corrected chi connectivity index (χ3v) is 3.10. The van der Waals surface area contributed by atoms with E-state index in [9.17, 15) is 13.6 Å². The number of nitrogens with zero attached hydrogens (tertiary/aromatic N) is 1. The molecule has 104 valence electrons. The summed E-state index contributed by atoms with van der Waals surface area (Å²) in [6.07, 6.45) is -2.64. The van der Waals surface area contributed by atoms with Crippen molar-refractivity contribution in [3.8, 4) is 11.8 Å². The molecular formula is C12H14F2N2O2S. The predicted molar refractivity (Wildman–Crippen MR) is 69.2 cm³/mol. The molecular weight excluding hydrogens is 274 g/mol. The summed E-state index contributed by atoms with van der Waals surface area (Å²) in [4.78, 5) is 13.3. The van der Waals surface area contributed by atoms with E-state index in [-0.39, 0.29) is 24.6 Å². The second-order valence-electron chi connectivity index (χ2n) is 3.54. The highest BCUT2D eigenvalue weighted by Crippen LogP contribution is 2.18. The lowest BCUT2D eigenvalue weighted by atomic mass is 10.2. The van der Waals surface area contributed by atoms with Gasteiger partial charge in [0.1, 0.15) is 4.88 Å². The van der Waals surface area contributed by atoms with E-state index >= 15 is 0 Å². The van der Waals surface area contributed by atoms with Crippen LogP contribution < -0.4 is 5.73 Å². The monoisotopic (exact) mass is 288 g/mol. The molecule has 0 aliphatic carbocycles. The number of rotatable bonds is 5. The molecule has 1 amide bonds. The van der Waals surface area contributed by atoms with Gasteiger partial charge in [-0.05, 0) is 11.4 Å². The molecule has 0 spiro atoms. The van der Waals surface area contributed by atoms with Gasteiger partial charge in [0.2, 0.25) is 0 Å². The molecule has 0 aliphatic heterocycles. The molecule has 1 heterocycles. The first-order valence-electron chi connectivity index (χ1n) is 5.54. The third kappa shape index (κ3) is 4.59. The second-order valence-corrected chi connectivity index (χ2v) is 4.45. The molecule has 0 aromatic carbocycles. The minimum atomic E-state index is -2.64. The van der Waals surface area contributed by atoms with E-state index < -0.39 is 18.9 Å². The first kappa shape index (κ1) is 15.6. The van der Waals surface area contributed by atoms with E-state index in [1.807, 2.05) is 0 Å². The van der Waals surface area contributed by atoms with E-state index in [4.69, 9.17) is 10.8 Å². The zero-order valence-corrected chi connectivity index (χ0v) is 10.9. The lowest BCUT2D eigenvalue weighted by molar-refractivity contribution is 0.0513. The minimum Gasteiger partial charge on any atom is -0.395 e. The Bertz CT molecular complexity index is 480. The maximum Gasteiger partial charge on any atom is 0.265 e. The number of carbonyl (C=O) groups excluding carboxylic acids is 1. The van der Waals surface area contributed by atoms with Crippen molar-refractivity contribution in [3.05, 3.63) is 21.9 Å². The van der Waals surface area contributed by atoms with Crippen molar-refractivity contribution in [1.82, 2.24) is 4.90 Å². The molecule has 0 fully saturated rings. The summed E-state index contributed by atoms with van der Waals surface area (Å²) in [6, 6.07) is 1.64. The fraction of sp³-hybridized carbons (Fsp3) is 0.417. The Morgan fingerprint density at radius 1 is 1.58 bits per heavy atom. The Hall–Kier alpha value is -1.49. The largest absolute Gasteiger partial charge is 0.395 e. The van der Waals surface area contributed by atoms with Crippen molar-refractivity contribution in [3.63, 3.8) is 0 Å². The molecule has 0 atom stereocenters. The van der Waals surface area contributed by atoms with Gasteiger partial charge in [0, 0.05) is 12.1 Å². The lowest BCUT2D eigenvalue weighted by Gasteiger charge is -2.20. The van der Waals surface area contributed by atoms with Gasteiger partial charge >= 0.3 is 0 Å². The summed E-state index contributed by atoms with van der Waals surface area (Å²) >= 11 is 1.13. The Labute approximate surface area is 113 Å². The smallest absolute Gasteiger partial charge is 0.265 e. The van der Waals surface area contributed by atoms with Crippen LogP contribution in [0.15, 0.2) is 11.4 Å². The highest BCUT2D eigenvalue weighted by molar-refractivity contribution is 7.12. The van der Waals surface area contributed by atoms with Crippen LogP contribution in [0.25, 0.3) is 0 Å². The molecule has 0 saturated heterocycles. The van der Waals surface area contributed by atoms with E-state index in [0.717, 1.165) is 16.2 Å². The Morgan fingerprint density at radius 3 is 2.89 bits per heavy atom. The van der Waals surface area contributed by atoms with Crippen LogP contribution in [0, 0.1) is 11.8 Å². The van der Waals surface area contributed by atoms with Gasteiger partial charge < -0.3 is 15.7 Å². The van der Waals surface area contributed by atoms with E-state index in [1.165, 1.54) is 0 Å². The van der Waals surface area contributed by atoms with E-state index in [0.29, 0.717) is 5.56 Å². The van der Waals surface area contributed by atoms with Crippen LogP contribution in [0.1, 0.15) is 15.2 Å². The van der Waals surface area contributed by atoms with Gasteiger partial charge in [-0.15, -0.1) is 11.3 Å². The predicted octanol–water partition coefficient (Wildman–Crippen LogP) is 0.758. The molecule has 3 N–H and O–H groups in total. The summed E-state index contributed by atoms with van der Waals surface area (Å²) in [7, 11) is 0. The topological polar surface area (TPSA) is 66.6 Å². The summed E-state index contributed by atoms with van der Waals surface area (Å²) in [6.45, 7) is -1.06. The molecule has 0 unspecified atom stereocenters. The SMILES string of the molecule is NCC#Cc1ccsc1C(=O)N(CCO)CC(F)F. The molecule has 7 heteroatoms. The van der Waals surface area contributed by atoms with Gasteiger partial charge in [-0.1, -0.05) is 11.8 Å². The summed E-state index contributed by atoms with van der Waals surface area (Å²) in [5.74, 6) is 4.79. The van der Waals surface area contributed by atoms with Crippen molar-refractivity contribution >= 4 is 17.2 Å². The maximum absolute atomic E-state index is 12.4. The maximum atomic E-state index is 12.4. The second kappa shape index (κ2) is 7.84. The number of aliphatic hydroxyl groups excluding tert-OH is 1. The summed E-state index contributed by atoms with van der Waals surface area (Å²) in [5, 5.41) is 10.5. The van der Waals surface area contributed by atoms with Crippen LogP contribution in [0.2, 0.25) is 0 Å². The standard InChI is InChI=1S/C12H14F2N2O2S/c13-10(14)8-16(5-6-17)12(18)11-9(2-1-4-15)3-7-19-11/h3,7,10,17H,4-6,8,15H2. The van der Waals surface area contributed by atoms with Crippen molar-refractivity contribution in [1.29, 1.82) is 0 Å². The van der Waals surface area contributed by atoms with Crippen molar-refractivity contribution in [2.24, 2.45) is 5.73 Å². The Morgan fingerprint density at radius 2 is 2.32 bits per heavy atom. The number of amides is 1. The first-order chi connectivity index (χ1) is 9.10. The number of nitrogens with two attached hydrogens (primary N) is 1.